The zero-order valence-corrected chi connectivity index (χ0v) is 19.8. The van der Waals surface area contributed by atoms with Crippen molar-refractivity contribution in [1.82, 2.24) is 14.8 Å². The average Bonchev–Trinajstić information content (AvgIpc) is 3.00. The number of nitrogens with one attached hydrogen (secondary N) is 1. The largest absolute Gasteiger partial charge is 0.369 e. The van der Waals surface area contributed by atoms with Crippen molar-refractivity contribution in [1.29, 1.82) is 0 Å². The van der Waals surface area contributed by atoms with Gasteiger partial charge in [-0.05, 0) is 62.2 Å². The molecule has 0 spiro atoms. The molecule has 0 unspecified atom stereocenters. The number of carbonyl (C=O) groups is 1. The summed E-state index contributed by atoms with van der Waals surface area (Å²) in [5, 5.41) is 4.46. The average molecular weight is 449 g/mol. The Kier molecular flexibility index (Phi) is 6.84. The molecule has 2 heterocycles. The molecule has 1 N–H and O–H groups in total. The van der Waals surface area contributed by atoms with Gasteiger partial charge < -0.3 is 19.7 Å². The number of fused-ring (bicyclic) bond motifs is 1. The maximum Gasteiger partial charge on any atom is 0.253 e. The molecule has 0 saturated carbocycles. The zero-order chi connectivity index (χ0) is 23.5. The molecule has 4 rings (SSSR count). The minimum Gasteiger partial charge on any atom is -0.369 e. The number of halogens is 1. The van der Waals surface area contributed by atoms with Crippen LogP contribution >= 0.6 is 0 Å². The van der Waals surface area contributed by atoms with Crippen LogP contribution in [-0.2, 0) is 13.1 Å². The van der Waals surface area contributed by atoms with Crippen molar-refractivity contribution >= 4 is 22.5 Å². The van der Waals surface area contributed by atoms with Crippen molar-refractivity contribution in [2.24, 2.45) is 0 Å². The van der Waals surface area contributed by atoms with Crippen LogP contribution < -0.4 is 10.2 Å². The van der Waals surface area contributed by atoms with Gasteiger partial charge in [-0.2, -0.15) is 0 Å². The number of hydrogen-bond acceptors (Lipinski definition) is 3. The van der Waals surface area contributed by atoms with E-state index < -0.39 is 0 Å². The third-order valence-electron chi connectivity index (χ3n) is 6.64. The number of aromatic nitrogens is 1. The quantitative estimate of drug-likeness (QED) is 0.558. The van der Waals surface area contributed by atoms with Crippen LogP contribution in [0.4, 0.5) is 10.1 Å². The molecule has 33 heavy (non-hydrogen) atoms. The second-order valence-corrected chi connectivity index (χ2v) is 8.88. The Morgan fingerprint density at radius 3 is 2.67 bits per heavy atom. The van der Waals surface area contributed by atoms with Crippen molar-refractivity contribution in [2.75, 3.05) is 38.1 Å². The highest BCUT2D eigenvalue weighted by Gasteiger charge is 2.23. The number of anilines is 1. The third-order valence-corrected chi connectivity index (χ3v) is 6.64. The monoisotopic (exact) mass is 448 g/mol. The van der Waals surface area contributed by atoms with Gasteiger partial charge in [0.15, 0.2) is 0 Å². The van der Waals surface area contributed by atoms with Gasteiger partial charge in [-0.25, -0.2) is 4.39 Å². The second kappa shape index (κ2) is 9.79. The molecule has 1 fully saturated rings. The normalized spacial score (nSPS) is 14.4. The van der Waals surface area contributed by atoms with Crippen molar-refractivity contribution < 1.29 is 9.18 Å². The minimum absolute atomic E-state index is 0.0746. The summed E-state index contributed by atoms with van der Waals surface area (Å²) in [7, 11) is 2.03. The molecule has 174 valence electrons. The molecule has 1 aliphatic rings. The van der Waals surface area contributed by atoms with Gasteiger partial charge in [0.05, 0.1) is 11.2 Å². The lowest BCUT2D eigenvalue weighted by molar-refractivity contribution is 0.0766. The number of amides is 1. The van der Waals surface area contributed by atoms with Crippen molar-refractivity contribution in [3.8, 4) is 0 Å². The molecule has 1 saturated heterocycles. The molecule has 2 aromatic carbocycles. The van der Waals surface area contributed by atoms with Gasteiger partial charge in [-0.3, -0.25) is 4.79 Å². The highest BCUT2D eigenvalue weighted by molar-refractivity contribution is 6.04. The van der Waals surface area contributed by atoms with E-state index in [1.54, 1.807) is 0 Å². The Balaban J connectivity index is 1.82. The molecule has 1 aromatic heterocycles. The summed E-state index contributed by atoms with van der Waals surface area (Å²) in [6.45, 7) is 12.7. The topological polar surface area (TPSA) is 40.5 Å². The van der Waals surface area contributed by atoms with Gasteiger partial charge >= 0.3 is 0 Å². The lowest BCUT2D eigenvalue weighted by Crippen LogP contribution is -2.34. The number of rotatable bonds is 6. The van der Waals surface area contributed by atoms with E-state index in [9.17, 15) is 9.18 Å². The number of benzene rings is 2. The Morgan fingerprint density at radius 1 is 1.18 bits per heavy atom. The Hall–Kier alpha value is -3.12. The Morgan fingerprint density at radius 2 is 1.94 bits per heavy atom. The van der Waals surface area contributed by atoms with Crippen molar-refractivity contribution in [2.45, 2.75) is 33.4 Å². The second-order valence-electron chi connectivity index (χ2n) is 8.88. The molecule has 0 bridgehead atoms. The number of carbonyl (C=O) groups excluding carboxylic acids is 1. The summed E-state index contributed by atoms with van der Waals surface area (Å²) in [6.07, 6.45) is 2.86. The third kappa shape index (κ3) is 4.67. The van der Waals surface area contributed by atoms with Crippen LogP contribution in [0.25, 0.3) is 10.9 Å². The van der Waals surface area contributed by atoms with E-state index in [-0.39, 0.29) is 11.7 Å². The fourth-order valence-electron chi connectivity index (χ4n) is 4.71. The zero-order valence-electron chi connectivity index (χ0n) is 19.8. The highest BCUT2D eigenvalue weighted by Crippen LogP contribution is 2.35. The van der Waals surface area contributed by atoms with Crippen LogP contribution in [0.5, 0.6) is 0 Å². The molecule has 0 radical (unpaired) electrons. The van der Waals surface area contributed by atoms with Crippen molar-refractivity contribution in [3.63, 3.8) is 0 Å². The van der Waals surface area contributed by atoms with E-state index >= 15 is 0 Å². The Bertz CT molecular complexity index is 1160. The minimum atomic E-state index is -0.241. The van der Waals surface area contributed by atoms with E-state index in [2.05, 4.69) is 35.2 Å². The lowest BCUT2D eigenvalue weighted by atomic mass is 10.0. The van der Waals surface area contributed by atoms with Crippen LogP contribution in [0.3, 0.4) is 0 Å². The molecule has 1 aliphatic heterocycles. The van der Waals surface area contributed by atoms with E-state index in [4.69, 9.17) is 0 Å². The van der Waals surface area contributed by atoms with Crippen LogP contribution in [0.1, 0.15) is 33.6 Å². The van der Waals surface area contributed by atoms with Crippen LogP contribution in [-0.4, -0.2) is 48.6 Å². The van der Waals surface area contributed by atoms with E-state index in [0.717, 1.165) is 48.2 Å². The van der Waals surface area contributed by atoms with Gasteiger partial charge in [-0.1, -0.05) is 18.2 Å². The van der Waals surface area contributed by atoms with Gasteiger partial charge in [0.2, 0.25) is 0 Å². The number of allylic oxidation sites excluding steroid dienone is 1. The SMILES string of the molecule is C=CCn1c(C)c(C)c2cc(C(=O)N3CCCNCC3)cc(N(C)Cc3ccc(F)cc3)c21. The summed E-state index contributed by atoms with van der Waals surface area (Å²) in [5.74, 6) is -0.167. The molecule has 5 nitrogen and oxygen atoms in total. The molecule has 0 atom stereocenters. The fourth-order valence-corrected chi connectivity index (χ4v) is 4.71. The lowest BCUT2D eigenvalue weighted by Gasteiger charge is -2.25. The van der Waals surface area contributed by atoms with E-state index in [1.807, 2.05) is 42.3 Å². The van der Waals surface area contributed by atoms with Gasteiger partial charge in [0, 0.05) is 56.4 Å². The van der Waals surface area contributed by atoms with Crippen LogP contribution in [0.15, 0.2) is 49.1 Å². The van der Waals surface area contributed by atoms with Gasteiger partial charge in [-0.15, -0.1) is 6.58 Å². The first-order chi connectivity index (χ1) is 15.9. The number of nitrogens with zero attached hydrogens (tertiary/aromatic N) is 3. The summed E-state index contributed by atoms with van der Waals surface area (Å²) in [4.78, 5) is 17.6. The predicted molar refractivity (Wildman–Crippen MR) is 134 cm³/mol. The van der Waals surface area contributed by atoms with E-state index in [0.29, 0.717) is 25.2 Å². The fraction of sp³-hybridized carbons (Fsp3) is 0.370. The molecule has 6 heteroatoms. The number of hydrogen-bond donors (Lipinski definition) is 1. The van der Waals surface area contributed by atoms with Gasteiger partial charge in [0.1, 0.15) is 5.82 Å². The maximum atomic E-state index is 13.5. The molecule has 3 aromatic rings. The molecule has 1 amide bonds. The molecular weight excluding hydrogens is 415 g/mol. The summed E-state index contributed by atoms with van der Waals surface area (Å²) in [6, 6.07) is 10.7. The number of aryl methyl sites for hydroxylation is 1. The molecular formula is C27H33FN4O. The summed E-state index contributed by atoms with van der Waals surface area (Å²) in [5.41, 5.74) is 6.16. The van der Waals surface area contributed by atoms with Crippen LogP contribution in [0.2, 0.25) is 0 Å². The summed E-state index contributed by atoms with van der Waals surface area (Å²) < 4.78 is 15.7. The first-order valence-corrected chi connectivity index (χ1v) is 11.6. The smallest absolute Gasteiger partial charge is 0.253 e. The maximum absolute atomic E-state index is 13.5. The summed E-state index contributed by atoms with van der Waals surface area (Å²) >= 11 is 0. The van der Waals surface area contributed by atoms with Crippen molar-refractivity contribution in [3.05, 3.63) is 77.3 Å². The predicted octanol–water partition coefficient (Wildman–Crippen LogP) is 4.66. The first-order valence-electron chi connectivity index (χ1n) is 11.6. The van der Waals surface area contributed by atoms with Gasteiger partial charge in [0.25, 0.3) is 5.91 Å². The first kappa shape index (κ1) is 23.1. The van der Waals surface area contributed by atoms with Crippen LogP contribution in [0, 0.1) is 19.7 Å². The Labute approximate surface area is 195 Å². The van der Waals surface area contributed by atoms with E-state index in [1.165, 1.54) is 23.4 Å². The molecule has 0 aliphatic carbocycles. The highest BCUT2D eigenvalue weighted by atomic mass is 19.1. The standard InChI is InChI=1S/C27H33FN4O/c1-5-13-32-20(3)19(2)24-16-22(27(33)31-14-6-11-29-12-15-31)17-25(26(24)32)30(4)18-21-7-9-23(28)10-8-21/h5,7-10,16-17,29H,1,6,11-15,18H2,2-4H3.